The average Bonchev–Trinajstić information content (AvgIpc) is 2.16. The lowest BCUT2D eigenvalue weighted by atomic mass is 10.1. The maximum atomic E-state index is 11.5. The molecule has 6 heteroatoms. The second kappa shape index (κ2) is 7.11. The van der Waals surface area contributed by atoms with Crippen molar-refractivity contribution in [2.24, 2.45) is 5.92 Å². The van der Waals surface area contributed by atoms with E-state index in [1.807, 2.05) is 13.8 Å². The summed E-state index contributed by atoms with van der Waals surface area (Å²) >= 11 is 0. The minimum atomic E-state index is -0.899. The summed E-state index contributed by atoms with van der Waals surface area (Å²) in [5.74, 6) is -1.45. The van der Waals surface area contributed by atoms with Crippen molar-refractivity contribution in [3.8, 4) is 0 Å². The standard InChI is InChI=1S/C11H22N2O4/c1-5-8(9(14)15)6-12-10(16)13-11(2,3)7-17-4/h8H,5-7H2,1-4H3,(H,14,15)(H2,12,13,16). The third-order valence-electron chi connectivity index (χ3n) is 2.31. The summed E-state index contributed by atoms with van der Waals surface area (Å²) in [5, 5.41) is 14.1. The van der Waals surface area contributed by atoms with Gasteiger partial charge in [0.1, 0.15) is 0 Å². The Morgan fingerprint density at radius 1 is 1.41 bits per heavy atom. The number of nitrogens with one attached hydrogen (secondary N) is 2. The van der Waals surface area contributed by atoms with Crippen molar-refractivity contribution in [2.45, 2.75) is 32.7 Å². The molecule has 0 saturated heterocycles. The summed E-state index contributed by atoms with van der Waals surface area (Å²) in [4.78, 5) is 22.2. The minimum absolute atomic E-state index is 0.126. The molecule has 0 aromatic carbocycles. The number of aliphatic carboxylic acids is 1. The highest BCUT2D eigenvalue weighted by Crippen LogP contribution is 2.03. The first-order chi connectivity index (χ1) is 7.82. The van der Waals surface area contributed by atoms with Crippen molar-refractivity contribution in [2.75, 3.05) is 20.3 Å². The Balaban J connectivity index is 4.06. The van der Waals surface area contributed by atoms with Crippen LogP contribution in [0.3, 0.4) is 0 Å². The number of hydrogen-bond acceptors (Lipinski definition) is 3. The molecule has 1 atom stereocenters. The molecule has 0 bridgehead atoms. The summed E-state index contributed by atoms with van der Waals surface area (Å²) < 4.78 is 4.96. The van der Waals surface area contributed by atoms with Gasteiger partial charge in [-0.1, -0.05) is 6.92 Å². The first kappa shape index (κ1) is 15.7. The Bertz CT molecular complexity index is 266. The lowest BCUT2D eigenvalue weighted by Crippen LogP contribution is -2.51. The topological polar surface area (TPSA) is 87.7 Å². The predicted molar refractivity (Wildman–Crippen MR) is 63.9 cm³/mol. The van der Waals surface area contributed by atoms with Crippen LogP contribution in [0.5, 0.6) is 0 Å². The fourth-order valence-corrected chi connectivity index (χ4v) is 1.37. The van der Waals surface area contributed by atoms with Crippen molar-refractivity contribution in [1.82, 2.24) is 10.6 Å². The molecule has 1 unspecified atom stereocenters. The summed E-state index contributed by atoms with van der Waals surface area (Å²) in [6.07, 6.45) is 0.483. The highest BCUT2D eigenvalue weighted by Gasteiger charge is 2.21. The lowest BCUT2D eigenvalue weighted by molar-refractivity contribution is -0.141. The van der Waals surface area contributed by atoms with Gasteiger partial charge in [-0.3, -0.25) is 4.79 Å². The second-order valence-corrected chi connectivity index (χ2v) is 4.60. The van der Waals surface area contributed by atoms with Gasteiger partial charge in [0.05, 0.1) is 18.1 Å². The number of carboxylic acids is 1. The van der Waals surface area contributed by atoms with E-state index in [-0.39, 0.29) is 12.6 Å². The quantitative estimate of drug-likeness (QED) is 0.620. The maximum absolute atomic E-state index is 11.5. The van der Waals surface area contributed by atoms with Crippen LogP contribution >= 0.6 is 0 Å². The van der Waals surface area contributed by atoms with Crippen LogP contribution in [0.2, 0.25) is 0 Å². The molecule has 17 heavy (non-hydrogen) atoms. The molecule has 0 aliphatic carbocycles. The van der Waals surface area contributed by atoms with Gasteiger partial charge in [-0.25, -0.2) is 4.79 Å². The first-order valence-corrected chi connectivity index (χ1v) is 5.60. The van der Waals surface area contributed by atoms with Crippen molar-refractivity contribution >= 4 is 12.0 Å². The highest BCUT2D eigenvalue weighted by atomic mass is 16.5. The van der Waals surface area contributed by atoms with Crippen molar-refractivity contribution in [1.29, 1.82) is 0 Å². The van der Waals surface area contributed by atoms with Crippen molar-refractivity contribution < 1.29 is 19.4 Å². The largest absolute Gasteiger partial charge is 0.481 e. The van der Waals surface area contributed by atoms with E-state index in [1.165, 1.54) is 0 Å². The van der Waals surface area contributed by atoms with Gasteiger partial charge in [0.15, 0.2) is 0 Å². The van der Waals surface area contributed by atoms with Crippen molar-refractivity contribution in [3.63, 3.8) is 0 Å². The summed E-state index contributed by atoms with van der Waals surface area (Å²) in [5.41, 5.74) is -0.482. The van der Waals surface area contributed by atoms with E-state index in [1.54, 1.807) is 14.0 Å². The Morgan fingerprint density at radius 2 is 2.00 bits per heavy atom. The Hall–Kier alpha value is -1.30. The van der Waals surface area contributed by atoms with Crippen LogP contribution in [-0.4, -0.2) is 42.9 Å². The van der Waals surface area contributed by atoms with Crippen LogP contribution in [0.4, 0.5) is 4.79 Å². The number of carboxylic acid groups (broad SMARTS) is 1. The first-order valence-electron chi connectivity index (χ1n) is 5.60. The number of carbonyl (C=O) groups is 2. The number of hydrogen-bond donors (Lipinski definition) is 3. The van der Waals surface area contributed by atoms with E-state index in [2.05, 4.69) is 10.6 Å². The lowest BCUT2D eigenvalue weighted by Gasteiger charge is -2.25. The molecule has 3 N–H and O–H groups in total. The van der Waals surface area contributed by atoms with Gasteiger partial charge < -0.3 is 20.5 Å². The van der Waals surface area contributed by atoms with Gasteiger partial charge in [0, 0.05) is 13.7 Å². The van der Waals surface area contributed by atoms with E-state index in [9.17, 15) is 9.59 Å². The van der Waals surface area contributed by atoms with E-state index in [4.69, 9.17) is 9.84 Å². The highest BCUT2D eigenvalue weighted by molar-refractivity contribution is 5.76. The van der Waals surface area contributed by atoms with Gasteiger partial charge in [-0.05, 0) is 20.3 Å². The molecule has 0 aromatic rings. The molecular formula is C11H22N2O4. The number of ether oxygens (including phenoxy) is 1. The minimum Gasteiger partial charge on any atom is -0.481 e. The van der Waals surface area contributed by atoms with Gasteiger partial charge in [-0.15, -0.1) is 0 Å². The molecule has 0 aliphatic heterocycles. The third kappa shape index (κ3) is 6.78. The normalized spacial score (nSPS) is 12.9. The summed E-state index contributed by atoms with van der Waals surface area (Å²) in [6, 6.07) is -0.383. The van der Waals surface area contributed by atoms with Gasteiger partial charge in [0.2, 0.25) is 0 Å². The number of methoxy groups -OCH3 is 1. The Morgan fingerprint density at radius 3 is 2.41 bits per heavy atom. The van der Waals surface area contributed by atoms with Crippen LogP contribution < -0.4 is 10.6 Å². The predicted octanol–water partition coefficient (Wildman–Crippen LogP) is 0.821. The Labute approximate surface area is 102 Å². The summed E-state index contributed by atoms with van der Waals surface area (Å²) in [6.45, 7) is 5.93. The third-order valence-corrected chi connectivity index (χ3v) is 2.31. The zero-order chi connectivity index (χ0) is 13.5. The molecule has 6 nitrogen and oxygen atoms in total. The molecule has 0 spiro atoms. The molecule has 0 aromatic heterocycles. The van der Waals surface area contributed by atoms with Crippen LogP contribution in [-0.2, 0) is 9.53 Å². The van der Waals surface area contributed by atoms with Crippen LogP contribution in [0.1, 0.15) is 27.2 Å². The number of carbonyl (C=O) groups excluding carboxylic acids is 1. The van der Waals surface area contributed by atoms with Crippen LogP contribution in [0.25, 0.3) is 0 Å². The molecule has 0 fully saturated rings. The fraction of sp³-hybridized carbons (Fsp3) is 0.818. The van der Waals surface area contributed by atoms with Gasteiger partial charge in [-0.2, -0.15) is 0 Å². The number of amides is 2. The zero-order valence-electron chi connectivity index (χ0n) is 10.9. The van der Waals surface area contributed by atoms with Crippen LogP contribution in [0.15, 0.2) is 0 Å². The monoisotopic (exact) mass is 246 g/mol. The molecule has 0 heterocycles. The number of urea groups is 1. The molecule has 0 saturated carbocycles. The molecular weight excluding hydrogens is 224 g/mol. The number of rotatable bonds is 7. The van der Waals surface area contributed by atoms with Gasteiger partial charge >= 0.3 is 12.0 Å². The summed E-state index contributed by atoms with van der Waals surface area (Å²) in [7, 11) is 1.55. The van der Waals surface area contributed by atoms with E-state index in [0.29, 0.717) is 13.0 Å². The molecule has 0 radical (unpaired) electrons. The molecule has 2 amide bonds. The van der Waals surface area contributed by atoms with Gasteiger partial charge in [0.25, 0.3) is 0 Å². The molecule has 0 rings (SSSR count). The maximum Gasteiger partial charge on any atom is 0.315 e. The van der Waals surface area contributed by atoms with E-state index >= 15 is 0 Å². The fourth-order valence-electron chi connectivity index (χ4n) is 1.37. The smallest absolute Gasteiger partial charge is 0.315 e. The molecule has 100 valence electrons. The SMILES string of the molecule is CCC(CNC(=O)NC(C)(C)COC)C(=O)O. The average molecular weight is 246 g/mol. The van der Waals surface area contributed by atoms with Crippen LogP contribution in [0, 0.1) is 5.92 Å². The Kier molecular flexibility index (Phi) is 6.57. The zero-order valence-corrected chi connectivity index (χ0v) is 10.9. The second-order valence-electron chi connectivity index (χ2n) is 4.60. The van der Waals surface area contributed by atoms with Crippen molar-refractivity contribution in [3.05, 3.63) is 0 Å². The van der Waals surface area contributed by atoms with E-state index in [0.717, 1.165) is 0 Å². The molecule has 0 aliphatic rings. The van der Waals surface area contributed by atoms with E-state index < -0.39 is 17.4 Å².